The fraction of sp³-hybridized carbons (Fsp3) is 0.409. The van der Waals surface area contributed by atoms with E-state index in [9.17, 15) is 28.1 Å². The number of aromatic nitrogens is 3. The average molecular weight is 492 g/mol. The van der Waals surface area contributed by atoms with E-state index in [4.69, 9.17) is 4.52 Å². The zero-order valence-electron chi connectivity index (χ0n) is 19.1. The van der Waals surface area contributed by atoms with Crippen molar-refractivity contribution in [3.63, 3.8) is 0 Å². The Hall–Kier alpha value is -3.74. The van der Waals surface area contributed by atoms with Crippen molar-refractivity contribution in [3.05, 3.63) is 74.3 Å². The zero-order valence-corrected chi connectivity index (χ0v) is 19.1. The summed E-state index contributed by atoms with van der Waals surface area (Å²) in [6.45, 7) is 5.47. The quantitative estimate of drug-likeness (QED) is 0.383. The molecular weight excluding hydrogens is 469 g/mol. The van der Waals surface area contributed by atoms with Crippen LogP contribution < -0.4 is 0 Å². The number of halogens is 3. The lowest BCUT2D eigenvalue weighted by atomic mass is 10.1. The highest BCUT2D eigenvalue weighted by molar-refractivity contribution is 5.94. The van der Waals surface area contributed by atoms with Crippen molar-refractivity contribution < 1.29 is 27.4 Å². The fourth-order valence-electron chi connectivity index (χ4n) is 4.00. The van der Waals surface area contributed by atoms with E-state index in [-0.39, 0.29) is 24.0 Å². The number of amides is 1. The van der Waals surface area contributed by atoms with E-state index in [0.29, 0.717) is 55.3 Å². The van der Waals surface area contributed by atoms with Crippen LogP contribution in [0.2, 0.25) is 0 Å². The SMILES string of the molecule is Cc1onc(C(=O)N2CCN(Cc3cccc(C(F)(F)F)c3)CC2)c1Cn1nc([N+](=O)[O-])cc1C. The van der Waals surface area contributed by atoms with Crippen molar-refractivity contribution in [1.82, 2.24) is 24.7 Å². The Balaban J connectivity index is 1.41. The number of hydrogen-bond acceptors (Lipinski definition) is 7. The number of benzene rings is 1. The lowest BCUT2D eigenvalue weighted by Crippen LogP contribution is -2.48. The van der Waals surface area contributed by atoms with Crippen molar-refractivity contribution in [2.24, 2.45) is 0 Å². The van der Waals surface area contributed by atoms with Gasteiger partial charge in [0.25, 0.3) is 5.91 Å². The van der Waals surface area contributed by atoms with Crippen molar-refractivity contribution >= 4 is 11.7 Å². The third-order valence-corrected chi connectivity index (χ3v) is 5.97. The van der Waals surface area contributed by atoms with Crippen molar-refractivity contribution in [2.45, 2.75) is 33.1 Å². The number of aryl methyl sites for hydroxylation is 2. The van der Waals surface area contributed by atoms with E-state index < -0.39 is 16.7 Å². The van der Waals surface area contributed by atoms with Crippen LogP contribution in [0.1, 0.15) is 38.6 Å². The second kappa shape index (κ2) is 9.49. The second-order valence-corrected chi connectivity index (χ2v) is 8.39. The molecule has 0 radical (unpaired) electrons. The highest BCUT2D eigenvalue weighted by Crippen LogP contribution is 2.30. The molecule has 0 atom stereocenters. The Morgan fingerprint density at radius 3 is 2.49 bits per heavy atom. The molecule has 0 aliphatic carbocycles. The predicted octanol–water partition coefficient (Wildman–Crippen LogP) is 3.42. The lowest BCUT2D eigenvalue weighted by molar-refractivity contribution is -0.389. The largest absolute Gasteiger partial charge is 0.416 e. The molecule has 3 heterocycles. The summed E-state index contributed by atoms with van der Waals surface area (Å²) in [6.07, 6.45) is -4.39. The summed E-state index contributed by atoms with van der Waals surface area (Å²) in [6, 6.07) is 6.57. The van der Waals surface area contributed by atoms with Crippen LogP contribution in [0.4, 0.5) is 19.0 Å². The molecule has 186 valence electrons. The molecule has 13 heteroatoms. The van der Waals surface area contributed by atoms with Gasteiger partial charge in [0.1, 0.15) is 5.76 Å². The predicted molar refractivity (Wildman–Crippen MR) is 117 cm³/mol. The maximum atomic E-state index is 13.2. The molecular formula is C22H23F3N6O4. The standard InChI is InChI=1S/C22H23F3N6O4/c1-14-10-19(31(33)34)26-30(14)13-18-15(2)35-27-20(18)21(32)29-8-6-28(7-9-29)12-16-4-3-5-17(11-16)22(23,24)25/h3-5,10-11H,6-9,12-13H2,1-2H3. The van der Waals surface area contributed by atoms with Crippen LogP contribution in [0.3, 0.4) is 0 Å². The van der Waals surface area contributed by atoms with Crippen LogP contribution in [0.5, 0.6) is 0 Å². The van der Waals surface area contributed by atoms with Crippen LogP contribution >= 0.6 is 0 Å². The van der Waals surface area contributed by atoms with Crippen molar-refractivity contribution in [3.8, 4) is 0 Å². The summed E-state index contributed by atoms with van der Waals surface area (Å²) >= 11 is 0. The molecule has 1 aromatic carbocycles. The average Bonchev–Trinajstić information content (AvgIpc) is 3.36. The van der Waals surface area contributed by atoms with E-state index in [0.717, 1.165) is 12.1 Å². The topological polar surface area (TPSA) is 111 Å². The molecule has 1 aliphatic heterocycles. The van der Waals surface area contributed by atoms with Crippen LogP contribution in [-0.2, 0) is 19.3 Å². The Morgan fingerprint density at radius 2 is 1.86 bits per heavy atom. The summed E-state index contributed by atoms with van der Waals surface area (Å²) in [5, 5.41) is 18.9. The van der Waals surface area contributed by atoms with Crippen molar-refractivity contribution in [2.75, 3.05) is 26.2 Å². The van der Waals surface area contributed by atoms with Crippen molar-refractivity contribution in [1.29, 1.82) is 0 Å². The van der Waals surface area contributed by atoms with Crippen LogP contribution in [-0.4, -0.2) is 61.7 Å². The lowest BCUT2D eigenvalue weighted by Gasteiger charge is -2.34. The van der Waals surface area contributed by atoms with E-state index >= 15 is 0 Å². The number of rotatable bonds is 6. The Labute approximate surface area is 198 Å². The number of carbonyl (C=O) groups excluding carboxylic acids is 1. The summed E-state index contributed by atoms with van der Waals surface area (Å²) in [4.78, 5) is 27.2. The number of nitrogens with zero attached hydrogens (tertiary/aromatic N) is 6. The first-order valence-corrected chi connectivity index (χ1v) is 10.8. The maximum Gasteiger partial charge on any atom is 0.416 e. The molecule has 0 bridgehead atoms. The smallest absolute Gasteiger partial charge is 0.361 e. The van der Waals surface area contributed by atoms with Gasteiger partial charge in [-0.3, -0.25) is 9.69 Å². The minimum atomic E-state index is -4.39. The van der Waals surface area contributed by atoms with Gasteiger partial charge >= 0.3 is 12.0 Å². The van der Waals surface area contributed by atoms with Crippen LogP contribution in [0.25, 0.3) is 0 Å². The summed E-state index contributed by atoms with van der Waals surface area (Å²) in [7, 11) is 0. The monoisotopic (exact) mass is 492 g/mol. The third kappa shape index (κ3) is 5.34. The first-order chi connectivity index (χ1) is 16.5. The Kier molecular flexibility index (Phi) is 6.61. The molecule has 35 heavy (non-hydrogen) atoms. The summed E-state index contributed by atoms with van der Waals surface area (Å²) in [5.74, 6) is -0.217. The molecule has 1 amide bonds. The molecule has 0 N–H and O–H groups in total. The van der Waals surface area contributed by atoms with Gasteiger partial charge in [0.2, 0.25) is 0 Å². The second-order valence-electron chi connectivity index (χ2n) is 8.39. The van der Waals surface area contributed by atoms with Gasteiger partial charge in [0.05, 0.1) is 34.5 Å². The van der Waals surface area contributed by atoms with E-state index in [1.165, 1.54) is 16.8 Å². The van der Waals surface area contributed by atoms with Gasteiger partial charge in [-0.25, -0.2) is 0 Å². The van der Waals surface area contributed by atoms with Gasteiger partial charge in [0, 0.05) is 32.7 Å². The highest BCUT2D eigenvalue weighted by Gasteiger charge is 2.31. The summed E-state index contributed by atoms with van der Waals surface area (Å²) in [5.41, 5.74) is 1.03. The molecule has 4 rings (SSSR count). The minimum absolute atomic E-state index is 0.0889. The molecule has 0 spiro atoms. The van der Waals surface area contributed by atoms with E-state index in [1.54, 1.807) is 24.8 Å². The third-order valence-electron chi connectivity index (χ3n) is 5.97. The van der Waals surface area contributed by atoms with E-state index in [1.807, 2.05) is 4.90 Å². The highest BCUT2D eigenvalue weighted by atomic mass is 19.4. The number of nitro groups is 1. The first-order valence-electron chi connectivity index (χ1n) is 10.8. The Bertz CT molecular complexity index is 1240. The van der Waals surface area contributed by atoms with Gasteiger partial charge < -0.3 is 19.5 Å². The number of hydrogen-bond donors (Lipinski definition) is 0. The van der Waals surface area contributed by atoms with Gasteiger partial charge in [-0.05, 0) is 30.4 Å². The Morgan fingerprint density at radius 1 is 1.14 bits per heavy atom. The fourth-order valence-corrected chi connectivity index (χ4v) is 4.00. The maximum absolute atomic E-state index is 13.2. The number of alkyl halides is 3. The van der Waals surface area contributed by atoms with E-state index in [2.05, 4.69) is 10.3 Å². The molecule has 2 aromatic heterocycles. The molecule has 0 unspecified atom stereocenters. The van der Waals surface area contributed by atoms with Gasteiger partial charge in [-0.1, -0.05) is 23.4 Å². The number of piperazine rings is 1. The molecule has 1 saturated heterocycles. The zero-order chi connectivity index (χ0) is 25.3. The normalized spacial score (nSPS) is 14.9. The van der Waals surface area contributed by atoms with Gasteiger partial charge in [-0.2, -0.15) is 17.9 Å². The van der Waals surface area contributed by atoms with Gasteiger partial charge in [-0.15, -0.1) is 0 Å². The molecule has 1 aliphatic rings. The van der Waals surface area contributed by atoms with Crippen LogP contribution in [0, 0.1) is 24.0 Å². The molecule has 0 saturated carbocycles. The van der Waals surface area contributed by atoms with Crippen LogP contribution in [0.15, 0.2) is 34.9 Å². The first kappa shape index (κ1) is 24.4. The number of carbonyl (C=O) groups is 1. The molecule has 10 nitrogen and oxygen atoms in total. The summed E-state index contributed by atoms with van der Waals surface area (Å²) < 4.78 is 45.6. The minimum Gasteiger partial charge on any atom is -0.361 e. The molecule has 3 aromatic rings. The molecule has 1 fully saturated rings. The van der Waals surface area contributed by atoms with Gasteiger partial charge in [0.15, 0.2) is 5.69 Å².